The summed E-state index contributed by atoms with van der Waals surface area (Å²) in [6.07, 6.45) is 1.32. The third-order valence-electron chi connectivity index (χ3n) is 3.32. The Balaban J connectivity index is 1.89. The molecule has 0 aliphatic rings. The van der Waals surface area contributed by atoms with Gasteiger partial charge in [-0.05, 0) is 23.8 Å². The van der Waals surface area contributed by atoms with Crippen molar-refractivity contribution in [2.45, 2.75) is 6.61 Å². The van der Waals surface area contributed by atoms with Crippen molar-refractivity contribution >= 4 is 5.91 Å². The number of nitrogens with two attached hydrogens (primary N) is 1. The Morgan fingerprint density at radius 1 is 1.00 bits per heavy atom. The van der Waals surface area contributed by atoms with E-state index in [1.165, 1.54) is 6.33 Å². The van der Waals surface area contributed by atoms with E-state index in [-0.39, 0.29) is 5.69 Å². The highest BCUT2D eigenvalue weighted by atomic mass is 16.5. The van der Waals surface area contributed by atoms with Crippen LogP contribution in [0.4, 0.5) is 0 Å². The van der Waals surface area contributed by atoms with E-state index in [2.05, 4.69) is 9.97 Å². The molecule has 3 aromatic rings. The Labute approximate surface area is 133 Å². The third-order valence-corrected chi connectivity index (χ3v) is 3.32. The first kappa shape index (κ1) is 14.7. The van der Waals surface area contributed by atoms with Gasteiger partial charge in [-0.15, -0.1) is 0 Å². The van der Waals surface area contributed by atoms with Crippen LogP contribution in [0.3, 0.4) is 0 Å². The predicted molar refractivity (Wildman–Crippen MR) is 86.8 cm³/mol. The molecule has 23 heavy (non-hydrogen) atoms. The molecule has 5 heteroatoms. The second-order valence-corrected chi connectivity index (χ2v) is 4.92. The maximum Gasteiger partial charge on any atom is 0.267 e. The number of ether oxygens (including phenoxy) is 1. The van der Waals surface area contributed by atoms with Crippen LogP contribution in [0.15, 0.2) is 67.0 Å². The van der Waals surface area contributed by atoms with Crippen LogP contribution < -0.4 is 10.5 Å². The van der Waals surface area contributed by atoms with Gasteiger partial charge in [0.05, 0.1) is 5.69 Å². The number of aromatic nitrogens is 2. The Morgan fingerprint density at radius 3 is 2.52 bits per heavy atom. The van der Waals surface area contributed by atoms with Crippen LogP contribution in [0.2, 0.25) is 0 Å². The van der Waals surface area contributed by atoms with E-state index in [0.717, 1.165) is 11.1 Å². The van der Waals surface area contributed by atoms with Crippen LogP contribution in [-0.2, 0) is 6.61 Å². The maximum atomic E-state index is 11.3. The molecule has 0 aliphatic heterocycles. The lowest BCUT2D eigenvalue weighted by Crippen LogP contribution is -2.13. The molecule has 0 saturated heterocycles. The molecular weight excluding hydrogens is 290 g/mol. The van der Waals surface area contributed by atoms with E-state index in [0.29, 0.717) is 18.1 Å². The van der Waals surface area contributed by atoms with Gasteiger partial charge in [0.2, 0.25) is 0 Å². The lowest BCUT2D eigenvalue weighted by Gasteiger charge is -2.11. The van der Waals surface area contributed by atoms with Crippen molar-refractivity contribution in [3.05, 3.63) is 78.2 Å². The van der Waals surface area contributed by atoms with E-state index >= 15 is 0 Å². The van der Waals surface area contributed by atoms with Crippen molar-refractivity contribution in [1.29, 1.82) is 0 Å². The summed E-state index contributed by atoms with van der Waals surface area (Å²) in [6, 6.07) is 19.0. The fraction of sp³-hybridized carbons (Fsp3) is 0.0556. The van der Waals surface area contributed by atoms with E-state index < -0.39 is 5.91 Å². The summed E-state index contributed by atoms with van der Waals surface area (Å²) in [5.41, 5.74) is 7.90. The van der Waals surface area contributed by atoms with Gasteiger partial charge >= 0.3 is 0 Å². The molecule has 0 unspecified atom stereocenters. The van der Waals surface area contributed by atoms with Crippen molar-refractivity contribution in [3.8, 4) is 17.0 Å². The van der Waals surface area contributed by atoms with E-state index in [1.807, 2.05) is 54.6 Å². The average molecular weight is 305 g/mol. The van der Waals surface area contributed by atoms with Gasteiger partial charge in [0.15, 0.2) is 0 Å². The second-order valence-electron chi connectivity index (χ2n) is 4.92. The first-order valence-corrected chi connectivity index (χ1v) is 7.12. The lowest BCUT2D eigenvalue weighted by molar-refractivity contribution is 0.0995. The largest absolute Gasteiger partial charge is 0.488 e. The van der Waals surface area contributed by atoms with Gasteiger partial charge in [0.1, 0.15) is 24.4 Å². The van der Waals surface area contributed by atoms with Gasteiger partial charge in [-0.3, -0.25) is 4.79 Å². The summed E-state index contributed by atoms with van der Waals surface area (Å²) in [5.74, 6) is 0.0989. The number of primary amides is 1. The highest BCUT2D eigenvalue weighted by Gasteiger charge is 2.10. The first-order valence-electron chi connectivity index (χ1n) is 7.12. The average Bonchev–Trinajstić information content (AvgIpc) is 2.61. The van der Waals surface area contributed by atoms with E-state index in [4.69, 9.17) is 10.5 Å². The summed E-state index contributed by atoms with van der Waals surface area (Å²) < 4.78 is 5.90. The normalized spacial score (nSPS) is 10.3. The Kier molecular flexibility index (Phi) is 4.29. The molecule has 1 heterocycles. The molecule has 0 fully saturated rings. The smallest absolute Gasteiger partial charge is 0.267 e. The molecule has 0 atom stereocenters. The molecule has 2 aromatic carbocycles. The molecule has 1 amide bonds. The van der Waals surface area contributed by atoms with Gasteiger partial charge in [0.25, 0.3) is 5.91 Å². The molecule has 5 nitrogen and oxygen atoms in total. The second kappa shape index (κ2) is 6.70. The van der Waals surface area contributed by atoms with E-state index in [9.17, 15) is 4.79 Å². The number of benzene rings is 2. The molecule has 1 aromatic heterocycles. The van der Waals surface area contributed by atoms with Crippen molar-refractivity contribution < 1.29 is 9.53 Å². The van der Waals surface area contributed by atoms with Gasteiger partial charge in [-0.2, -0.15) is 0 Å². The van der Waals surface area contributed by atoms with Gasteiger partial charge in [-0.25, -0.2) is 9.97 Å². The number of hydrogen-bond acceptors (Lipinski definition) is 4. The minimum absolute atomic E-state index is 0.174. The van der Waals surface area contributed by atoms with Crippen LogP contribution in [0.5, 0.6) is 5.75 Å². The van der Waals surface area contributed by atoms with Crippen LogP contribution in [0, 0.1) is 0 Å². The summed E-state index contributed by atoms with van der Waals surface area (Å²) >= 11 is 0. The number of rotatable bonds is 5. The van der Waals surface area contributed by atoms with Gasteiger partial charge in [-0.1, -0.05) is 42.5 Å². The fourth-order valence-corrected chi connectivity index (χ4v) is 2.18. The van der Waals surface area contributed by atoms with Crippen LogP contribution in [-0.4, -0.2) is 15.9 Å². The fourth-order valence-electron chi connectivity index (χ4n) is 2.18. The third kappa shape index (κ3) is 3.52. The number of amides is 1. The standard InChI is InChI=1S/C18H15N3O2/c19-18(22)16-10-15(20-12-21-16)14-8-4-5-9-17(14)23-11-13-6-2-1-3-7-13/h1-10,12H,11H2,(H2,19,22). The zero-order valence-corrected chi connectivity index (χ0v) is 12.3. The zero-order chi connectivity index (χ0) is 16.1. The Bertz CT molecular complexity index is 819. The van der Waals surface area contributed by atoms with Crippen LogP contribution >= 0.6 is 0 Å². The number of nitrogens with zero attached hydrogens (tertiary/aromatic N) is 2. The molecule has 0 bridgehead atoms. The summed E-state index contributed by atoms with van der Waals surface area (Å²) in [5, 5.41) is 0. The topological polar surface area (TPSA) is 78.1 Å². The Hall–Kier alpha value is -3.21. The van der Waals surface area contributed by atoms with Gasteiger partial charge < -0.3 is 10.5 Å². The zero-order valence-electron chi connectivity index (χ0n) is 12.3. The number of hydrogen-bond donors (Lipinski definition) is 1. The van der Waals surface area contributed by atoms with E-state index in [1.54, 1.807) is 6.07 Å². The summed E-state index contributed by atoms with van der Waals surface area (Å²) in [7, 11) is 0. The lowest BCUT2D eigenvalue weighted by atomic mass is 10.1. The predicted octanol–water partition coefficient (Wildman–Crippen LogP) is 2.82. The SMILES string of the molecule is NC(=O)c1cc(-c2ccccc2OCc2ccccc2)ncn1. The maximum absolute atomic E-state index is 11.3. The number of carbonyl (C=O) groups excluding carboxylic acids is 1. The minimum Gasteiger partial charge on any atom is -0.488 e. The minimum atomic E-state index is -0.587. The molecule has 0 saturated carbocycles. The monoisotopic (exact) mass is 305 g/mol. The summed E-state index contributed by atoms with van der Waals surface area (Å²) in [6.45, 7) is 0.450. The molecule has 0 spiro atoms. The number of carbonyl (C=O) groups is 1. The highest BCUT2D eigenvalue weighted by molar-refractivity contribution is 5.91. The van der Waals surface area contributed by atoms with Crippen molar-refractivity contribution in [2.24, 2.45) is 5.73 Å². The summed E-state index contributed by atoms with van der Waals surface area (Å²) in [4.78, 5) is 19.4. The Morgan fingerprint density at radius 2 is 1.74 bits per heavy atom. The highest BCUT2D eigenvalue weighted by Crippen LogP contribution is 2.29. The van der Waals surface area contributed by atoms with Crippen molar-refractivity contribution in [2.75, 3.05) is 0 Å². The molecule has 0 aliphatic carbocycles. The molecule has 2 N–H and O–H groups in total. The van der Waals surface area contributed by atoms with Crippen molar-refractivity contribution in [1.82, 2.24) is 9.97 Å². The molecule has 0 radical (unpaired) electrons. The van der Waals surface area contributed by atoms with Gasteiger partial charge in [0, 0.05) is 5.56 Å². The quantitative estimate of drug-likeness (QED) is 0.786. The molecule has 3 rings (SSSR count). The van der Waals surface area contributed by atoms with Crippen LogP contribution in [0.25, 0.3) is 11.3 Å². The van der Waals surface area contributed by atoms with Crippen LogP contribution in [0.1, 0.15) is 16.1 Å². The molecular formula is C18H15N3O2. The first-order chi connectivity index (χ1) is 11.2. The molecule has 114 valence electrons. The van der Waals surface area contributed by atoms with Crippen molar-refractivity contribution in [3.63, 3.8) is 0 Å². The number of para-hydroxylation sites is 1.